The first-order valence-electron chi connectivity index (χ1n) is 14.0. The topological polar surface area (TPSA) is 109 Å². The summed E-state index contributed by atoms with van der Waals surface area (Å²) in [5, 5.41) is 10.5. The van der Waals surface area contributed by atoms with Gasteiger partial charge in [-0.05, 0) is 79.2 Å². The Morgan fingerprint density at radius 3 is 2.18 bits per heavy atom. The molecule has 0 fully saturated rings. The zero-order valence-corrected chi connectivity index (χ0v) is 26.2. The number of anilines is 2. The van der Waals surface area contributed by atoms with Gasteiger partial charge in [0.25, 0.3) is 11.8 Å². The normalized spacial score (nSPS) is 11.7. The molecule has 1 heterocycles. The lowest BCUT2D eigenvalue weighted by Gasteiger charge is -2.13. The van der Waals surface area contributed by atoms with Crippen LogP contribution in [0.4, 0.5) is 10.8 Å². The first-order valence-corrected chi connectivity index (χ1v) is 15.8. The number of nitrogens with zero attached hydrogens (tertiary/aromatic N) is 1. The van der Waals surface area contributed by atoms with Gasteiger partial charge in [0.2, 0.25) is 5.91 Å². The molecule has 0 spiro atoms. The molecule has 4 aromatic carbocycles. The molecule has 226 valence electrons. The van der Waals surface area contributed by atoms with Crippen molar-refractivity contribution in [1.29, 1.82) is 0 Å². The van der Waals surface area contributed by atoms with Gasteiger partial charge < -0.3 is 20.7 Å². The van der Waals surface area contributed by atoms with Crippen molar-refractivity contribution in [2.75, 3.05) is 17.7 Å². The number of ether oxygens (including phenoxy) is 1. The van der Waals surface area contributed by atoms with Crippen LogP contribution in [0.3, 0.4) is 0 Å². The number of hydrogen-bond donors (Lipinski definition) is 3. The number of methoxy groups -OCH3 is 1. The van der Waals surface area contributed by atoms with Gasteiger partial charge in [0.15, 0.2) is 5.13 Å². The number of nitrogens with one attached hydrogen (secondary N) is 3. The Balaban J connectivity index is 1.19. The van der Waals surface area contributed by atoms with Gasteiger partial charge in [-0.3, -0.25) is 14.4 Å². The van der Waals surface area contributed by atoms with Crippen molar-refractivity contribution in [3.05, 3.63) is 131 Å². The Labute approximate surface area is 269 Å². The van der Waals surface area contributed by atoms with Crippen LogP contribution in [0.5, 0.6) is 5.75 Å². The van der Waals surface area contributed by atoms with E-state index in [-0.39, 0.29) is 17.5 Å². The van der Waals surface area contributed by atoms with Gasteiger partial charge in [0.1, 0.15) is 11.4 Å². The molecule has 3 amide bonds. The number of amides is 3. The number of rotatable bonds is 11. The molecule has 0 bridgehead atoms. The van der Waals surface area contributed by atoms with E-state index in [4.69, 9.17) is 4.74 Å². The molecule has 1 aromatic heterocycles. The van der Waals surface area contributed by atoms with Crippen LogP contribution in [-0.4, -0.2) is 35.1 Å². The van der Waals surface area contributed by atoms with Gasteiger partial charge >= 0.3 is 0 Å². The summed E-state index contributed by atoms with van der Waals surface area (Å²) >= 11 is 2.75. The second-order valence-electron chi connectivity index (χ2n) is 9.78. The Kier molecular flexibility index (Phi) is 10.4. The van der Waals surface area contributed by atoms with E-state index < -0.39 is 11.2 Å². The highest BCUT2D eigenvalue weighted by atomic mass is 32.2. The molecule has 1 unspecified atom stereocenters. The molecule has 5 rings (SSSR count). The maximum Gasteiger partial charge on any atom is 0.272 e. The van der Waals surface area contributed by atoms with Crippen molar-refractivity contribution in [2.45, 2.75) is 17.1 Å². The SMILES string of the molecule is COc1ccc(-c2csc(NC(=O)C(C)Sc3ccc(NC(=O)/C(=C/c4ccccc4)NC(=O)c4ccccc4)cc3)n2)cc1. The van der Waals surface area contributed by atoms with Gasteiger partial charge in [-0.1, -0.05) is 48.5 Å². The van der Waals surface area contributed by atoms with Gasteiger partial charge in [-0.25, -0.2) is 4.98 Å². The van der Waals surface area contributed by atoms with Crippen LogP contribution >= 0.6 is 23.1 Å². The van der Waals surface area contributed by atoms with E-state index in [1.165, 1.54) is 23.1 Å². The number of carbonyl (C=O) groups excluding carboxylic acids is 3. The summed E-state index contributed by atoms with van der Waals surface area (Å²) in [6, 6.07) is 32.7. The highest BCUT2D eigenvalue weighted by molar-refractivity contribution is 8.00. The quantitative estimate of drug-likeness (QED) is 0.104. The molecule has 0 aliphatic rings. The lowest BCUT2D eigenvalue weighted by Crippen LogP contribution is -2.30. The molecule has 10 heteroatoms. The Hall–Kier alpha value is -5.19. The largest absolute Gasteiger partial charge is 0.497 e. The summed E-state index contributed by atoms with van der Waals surface area (Å²) in [6.45, 7) is 1.82. The lowest BCUT2D eigenvalue weighted by molar-refractivity contribution is -0.115. The van der Waals surface area contributed by atoms with E-state index in [0.29, 0.717) is 16.4 Å². The van der Waals surface area contributed by atoms with Crippen molar-refractivity contribution in [3.63, 3.8) is 0 Å². The molecule has 0 aliphatic carbocycles. The molecular formula is C35H30N4O4S2. The van der Waals surface area contributed by atoms with Crippen molar-refractivity contribution in [1.82, 2.24) is 10.3 Å². The van der Waals surface area contributed by atoms with Crippen LogP contribution in [0.1, 0.15) is 22.8 Å². The average Bonchev–Trinajstić information content (AvgIpc) is 3.54. The predicted molar refractivity (Wildman–Crippen MR) is 181 cm³/mol. The van der Waals surface area contributed by atoms with E-state index in [1.807, 2.05) is 85.1 Å². The molecule has 8 nitrogen and oxygen atoms in total. The summed E-state index contributed by atoms with van der Waals surface area (Å²) < 4.78 is 5.21. The molecule has 45 heavy (non-hydrogen) atoms. The summed E-state index contributed by atoms with van der Waals surface area (Å²) in [7, 11) is 1.62. The fraction of sp³-hybridized carbons (Fsp3) is 0.0857. The van der Waals surface area contributed by atoms with Crippen LogP contribution in [0, 0.1) is 0 Å². The third kappa shape index (κ3) is 8.69. The zero-order valence-electron chi connectivity index (χ0n) is 24.5. The van der Waals surface area contributed by atoms with E-state index >= 15 is 0 Å². The van der Waals surface area contributed by atoms with E-state index in [2.05, 4.69) is 20.9 Å². The summed E-state index contributed by atoms with van der Waals surface area (Å²) in [5.41, 5.74) is 3.57. The van der Waals surface area contributed by atoms with Gasteiger partial charge in [-0.15, -0.1) is 23.1 Å². The molecule has 0 radical (unpaired) electrons. The highest BCUT2D eigenvalue weighted by Gasteiger charge is 2.18. The summed E-state index contributed by atoms with van der Waals surface area (Å²) in [4.78, 5) is 44.4. The Morgan fingerprint density at radius 1 is 0.844 bits per heavy atom. The molecular weight excluding hydrogens is 605 g/mol. The third-order valence-corrected chi connectivity index (χ3v) is 8.42. The standard InChI is InChI=1S/C35H30N4O4S2/c1-23(32(40)39-35-38-31(22-44-35)25-13-17-28(43-2)18-14-25)45-29-19-15-27(16-20-29)36-34(42)30(21-24-9-5-3-6-10-24)37-33(41)26-11-7-4-8-12-26/h3-23H,1-2H3,(H,36,42)(H,37,41)(H,38,39,40)/b30-21-. The van der Waals surface area contributed by atoms with E-state index in [9.17, 15) is 14.4 Å². The van der Waals surface area contributed by atoms with Crippen molar-refractivity contribution < 1.29 is 19.1 Å². The van der Waals surface area contributed by atoms with Gasteiger partial charge in [0.05, 0.1) is 18.1 Å². The number of thiazole rings is 1. The fourth-order valence-corrected chi connectivity index (χ4v) is 5.75. The van der Waals surface area contributed by atoms with Gasteiger partial charge in [-0.2, -0.15) is 0 Å². The summed E-state index contributed by atoms with van der Waals surface area (Å²) in [5.74, 6) is -0.256. The second kappa shape index (κ2) is 15.0. The minimum absolute atomic E-state index is 0.108. The smallest absolute Gasteiger partial charge is 0.272 e. The zero-order chi connectivity index (χ0) is 31.6. The summed E-state index contributed by atoms with van der Waals surface area (Å²) in [6.07, 6.45) is 1.63. The first-order chi connectivity index (χ1) is 21.9. The van der Waals surface area contributed by atoms with Crippen LogP contribution in [0.15, 0.2) is 125 Å². The maximum absolute atomic E-state index is 13.3. The highest BCUT2D eigenvalue weighted by Crippen LogP contribution is 2.29. The Morgan fingerprint density at radius 2 is 1.51 bits per heavy atom. The number of aromatic nitrogens is 1. The first kappa shape index (κ1) is 31.2. The number of hydrogen-bond acceptors (Lipinski definition) is 7. The minimum Gasteiger partial charge on any atom is -0.497 e. The van der Waals surface area contributed by atoms with Crippen LogP contribution < -0.4 is 20.7 Å². The molecule has 1 atom stereocenters. The van der Waals surface area contributed by atoms with Crippen LogP contribution in [0.2, 0.25) is 0 Å². The average molecular weight is 635 g/mol. The molecule has 0 aliphatic heterocycles. The molecule has 0 saturated heterocycles. The van der Waals surface area contributed by atoms with Crippen LogP contribution in [-0.2, 0) is 9.59 Å². The lowest BCUT2D eigenvalue weighted by atomic mass is 10.1. The molecule has 5 aromatic rings. The molecule has 0 saturated carbocycles. The maximum atomic E-state index is 13.3. The van der Waals surface area contributed by atoms with Gasteiger partial charge in [0, 0.05) is 27.1 Å². The van der Waals surface area contributed by atoms with Crippen molar-refractivity contribution >= 4 is 57.7 Å². The van der Waals surface area contributed by atoms with E-state index in [0.717, 1.165) is 27.5 Å². The Bertz CT molecular complexity index is 1790. The number of benzene rings is 4. The van der Waals surface area contributed by atoms with Crippen molar-refractivity contribution in [2.24, 2.45) is 0 Å². The van der Waals surface area contributed by atoms with E-state index in [1.54, 1.807) is 49.6 Å². The van der Waals surface area contributed by atoms with Crippen molar-refractivity contribution in [3.8, 4) is 17.0 Å². The fourth-order valence-electron chi connectivity index (χ4n) is 4.16. The minimum atomic E-state index is -0.464. The molecule has 3 N–H and O–H groups in total. The monoisotopic (exact) mass is 634 g/mol. The second-order valence-corrected chi connectivity index (χ2v) is 12.1. The number of thioether (sulfide) groups is 1. The van der Waals surface area contributed by atoms with Crippen LogP contribution in [0.25, 0.3) is 17.3 Å². The predicted octanol–water partition coefficient (Wildman–Crippen LogP) is 7.35. The number of carbonyl (C=O) groups is 3. The third-order valence-electron chi connectivity index (χ3n) is 6.55.